The van der Waals surface area contributed by atoms with Crippen LogP contribution in [0.3, 0.4) is 0 Å². The number of ether oxygens (including phenoxy) is 2. The second kappa shape index (κ2) is 12.2. The van der Waals surface area contributed by atoms with E-state index in [1.165, 1.54) is 30.6 Å². The molecule has 1 saturated carbocycles. The van der Waals surface area contributed by atoms with Crippen molar-refractivity contribution in [3.63, 3.8) is 0 Å². The number of carbonyl (C=O) groups excluding carboxylic acids is 2. The Bertz CT molecular complexity index is 913. The zero-order chi connectivity index (χ0) is 23.6. The van der Waals surface area contributed by atoms with Crippen LogP contribution in [0.4, 0.5) is 4.39 Å². The molecule has 7 heteroatoms. The Morgan fingerprint density at radius 2 is 1.73 bits per heavy atom. The molecule has 1 atom stereocenters. The minimum Gasteiger partial charge on any atom is -0.493 e. The van der Waals surface area contributed by atoms with E-state index in [-0.39, 0.29) is 36.8 Å². The summed E-state index contributed by atoms with van der Waals surface area (Å²) in [5.74, 6) is 0.151. The number of amides is 2. The van der Waals surface area contributed by atoms with Crippen molar-refractivity contribution in [2.45, 2.75) is 64.1 Å². The number of hydrogen-bond acceptors (Lipinski definition) is 4. The summed E-state index contributed by atoms with van der Waals surface area (Å²) in [6.45, 7) is 1.83. The number of para-hydroxylation sites is 2. The van der Waals surface area contributed by atoms with Crippen LogP contribution in [0.5, 0.6) is 11.5 Å². The molecular formula is C26H33FN2O4. The van der Waals surface area contributed by atoms with Gasteiger partial charge in [0, 0.05) is 12.6 Å². The number of benzene rings is 2. The molecule has 0 bridgehead atoms. The highest BCUT2D eigenvalue weighted by Gasteiger charge is 2.30. The molecule has 1 N–H and O–H groups in total. The molecular weight excluding hydrogens is 423 g/mol. The average Bonchev–Trinajstić information content (AvgIpc) is 2.84. The number of rotatable bonds is 10. The largest absolute Gasteiger partial charge is 0.493 e. The van der Waals surface area contributed by atoms with Crippen LogP contribution >= 0.6 is 0 Å². The van der Waals surface area contributed by atoms with E-state index in [0.29, 0.717) is 17.9 Å². The van der Waals surface area contributed by atoms with Gasteiger partial charge in [0.15, 0.2) is 18.1 Å². The Kier molecular flexibility index (Phi) is 9.10. The molecule has 1 unspecified atom stereocenters. The lowest BCUT2D eigenvalue weighted by Crippen LogP contribution is -2.52. The lowest BCUT2D eigenvalue weighted by atomic mass is 9.95. The summed E-state index contributed by atoms with van der Waals surface area (Å²) < 4.78 is 24.4. The molecule has 1 fully saturated rings. The van der Waals surface area contributed by atoms with E-state index in [4.69, 9.17) is 9.47 Å². The quantitative estimate of drug-likeness (QED) is 0.573. The predicted molar refractivity (Wildman–Crippen MR) is 125 cm³/mol. The van der Waals surface area contributed by atoms with Crippen LogP contribution in [0.2, 0.25) is 0 Å². The van der Waals surface area contributed by atoms with Gasteiger partial charge in [-0.05, 0) is 49.1 Å². The van der Waals surface area contributed by atoms with Crippen LogP contribution in [0.15, 0.2) is 48.5 Å². The van der Waals surface area contributed by atoms with Crippen LogP contribution in [0.1, 0.15) is 51.0 Å². The van der Waals surface area contributed by atoms with Gasteiger partial charge in [-0.3, -0.25) is 9.59 Å². The summed E-state index contributed by atoms with van der Waals surface area (Å²) in [6.07, 6.45) is 5.79. The number of methoxy groups -OCH3 is 1. The highest BCUT2D eigenvalue weighted by Crippen LogP contribution is 2.26. The van der Waals surface area contributed by atoms with Crippen molar-refractivity contribution in [3.8, 4) is 11.5 Å². The second-order valence-electron chi connectivity index (χ2n) is 8.36. The molecule has 0 aromatic heterocycles. The van der Waals surface area contributed by atoms with Crippen molar-refractivity contribution in [2.75, 3.05) is 13.7 Å². The van der Waals surface area contributed by atoms with Crippen molar-refractivity contribution in [1.29, 1.82) is 0 Å². The zero-order valence-corrected chi connectivity index (χ0v) is 19.4. The lowest BCUT2D eigenvalue weighted by Gasteiger charge is -2.32. The van der Waals surface area contributed by atoms with Gasteiger partial charge in [0.2, 0.25) is 5.91 Å². The third-order valence-corrected chi connectivity index (χ3v) is 6.02. The molecule has 1 aliphatic rings. The van der Waals surface area contributed by atoms with E-state index in [9.17, 15) is 14.0 Å². The molecule has 0 spiro atoms. The summed E-state index contributed by atoms with van der Waals surface area (Å²) >= 11 is 0. The monoisotopic (exact) mass is 456 g/mol. The fourth-order valence-corrected chi connectivity index (χ4v) is 4.21. The zero-order valence-electron chi connectivity index (χ0n) is 19.4. The third-order valence-electron chi connectivity index (χ3n) is 6.02. The van der Waals surface area contributed by atoms with Crippen molar-refractivity contribution in [1.82, 2.24) is 10.2 Å². The van der Waals surface area contributed by atoms with E-state index < -0.39 is 6.04 Å². The van der Waals surface area contributed by atoms with Crippen LogP contribution < -0.4 is 14.8 Å². The lowest BCUT2D eigenvalue weighted by molar-refractivity contribution is -0.143. The first-order chi connectivity index (χ1) is 16.0. The van der Waals surface area contributed by atoms with E-state index in [2.05, 4.69) is 5.32 Å². The molecule has 0 radical (unpaired) electrons. The molecule has 33 heavy (non-hydrogen) atoms. The highest BCUT2D eigenvalue weighted by atomic mass is 19.1. The minimum absolute atomic E-state index is 0.146. The molecule has 0 saturated heterocycles. The SMILES string of the molecule is CCC(C(=O)NC1CCCCC1)N(Cc1ccc(F)cc1)C(=O)COc1ccccc1OC. The number of halogens is 1. The summed E-state index contributed by atoms with van der Waals surface area (Å²) in [5, 5.41) is 3.14. The fraction of sp³-hybridized carbons (Fsp3) is 0.462. The first-order valence-electron chi connectivity index (χ1n) is 11.6. The highest BCUT2D eigenvalue weighted by molar-refractivity contribution is 5.88. The Labute approximate surface area is 195 Å². The number of carbonyl (C=O) groups is 2. The Hall–Kier alpha value is -3.09. The van der Waals surface area contributed by atoms with Crippen LogP contribution in [0, 0.1) is 5.82 Å². The smallest absolute Gasteiger partial charge is 0.261 e. The van der Waals surface area contributed by atoms with Gasteiger partial charge in [0.05, 0.1) is 7.11 Å². The molecule has 0 heterocycles. The molecule has 2 aromatic rings. The molecule has 0 aliphatic heterocycles. The molecule has 3 rings (SSSR count). The van der Waals surface area contributed by atoms with E-state index >= 15 is 0 Å². The van der Waals surface area contributed by atoms with Gasteiger partial charge in [0.1, 0.15) is 11.9 Å². The van der Waals surface area contributed by atoms with E-state index in [1.807, 2.05) is 13.0 Å². The fourth-order valence-electron chi connectivity index (χ4n) is 4.21. The van der Waals surface area contributed by atoms with Gasteiger partial charge in [-0.25, -0.2) is 4.39 Å². The second-order valence-corrected chi connectivity index (χ2v) is 8.36. The van der Waals surface area contributed by atoms with Crippen molar-refractivity contribution >= 4 is 11.8 Å². The molecule has 2 amide bonds. The van der Waals surface area contributed by atoms with E-state index in [0.717, 1.165) is 31.2 Å². The Balaban J connectivity index is 1.76. The maximum absolute atomic E-state index is 13.4. The summed E-state index contributed by atoms with van der Waals surface area (Å²) in [7, 11) is 1.54. The topological polar surface area (TPSA) is 67.9 Å². The van der Waals surface area contributed by atoms with Gasteiger partial charge < -0.3 is 19.7 Å². The van der Waals surface area contributed by atoms with Crippen molar-refractivity contribution in [3.05, 3.63) is 59.9 Å². The summed E-state index contributed by atoms with van der Waals surface area (Å²) in [4.78, 5) is 28.0. The molecule has 178 valence electrons. The predicted octanol–water partition coefficient (Wildman–Crippen LogP) is 4.47. The first kappa shape index (κ1) is 24.6. The number of hydrogen-bond donors (Lipinski definition) is 1. The van der Waals surface area contributed by atoms with Crippen molar-refractivity contribution < 1.29 is 23.5 Å². The Morgan fingerprint density at radius 1 is 1.06 bits per heavy atom. The van der Waals surface area contributed by atoms with Crippen molar-refractivity contribution in [2.24, 2.45) is 0 Å². The maximum atomic E-state index is 13.4. The van der Waals surface area contributed by atoms with Gasteiger partial charge in [0.25, 0.3) is 5.91 Å². The van der Waals surface area contributed by atoms with Crippen LogP contribution in [0.25, 0.3) is 0 Å². The summed E-state index contributed by atoms with van der Waals surface area (Å²) in [5.41, 5.74) is 0.742. The standard InChI is InChI=1S/C26H33FN2O4/c1-3-22(26(31)28-21-9-5-4-6-10-21)29(17-19-13-15-20(27)16-14-19)25(30)18-33-24-12-8-7-11-23(24)32-2/h7-8,11-16,21-22H,3-6,9-10,17-18H2,1-2H3,(H,28,31). The number of nitrogens with one attached hydrogen (secondary N) is 1. The van der Waals surface area contributed by atoms with Gasteiger partial charge in [-0.15, -0.1) is 0 Å². The molecule has 1 aliphatic carbocycles. The Morgan fingerprint density at radius 3 is 2.36 bits per heavy atom. The van der Waals surface area contributed by atoms with Gasteiger partial charge >= 0.3 is 0 Å². The number of nitrogens with zero attached hydrogens (tertiary/aromatic N) is 1. The van der Waals surface area contributed by atoms with Crippen LogP contribution in [-0.2, 0) is 16.1 Å². The third kappa shape index (κ3) is 6.94. The van der Waals surface area contributed by atoms with Gasteiger partial charge in [-0.2, -0.15) is 0 Å². The van der Waals surface area contributed by atoms with E-state index in [1.54, 1.807) is 30.3 Å². The maximum Gasteiger partial charge on any atom is 0.261 e. The van der Waals surface area contributed by atoms with Gasteiger partial charge in [-0.1, -0.05) is 50.5 Å². The average molecular weight is 457 g/mol. The first-order valence-corrected chi connectivity index (χ1v) is 11.6. The molecule has 6 nitrogen and oxygen atoms in total. The van der Waals surface area contributed by atoms with Crippen LogP contribution in [-0.4, -0.2) is 42.5 Å². The molecule has 2 aromatic carbocycles. The minimum atomic E-state index is -0.647. The summed E-state index contributed by atoms with van der Waals surface area (Å²) in [6, 6.07) is 12.6. The normalized spacial score (nSPS) is 14.9.